The van der Waals surface area contributed by atoms with E-state index >= 15 is 0 Å². The average molecular weight is 232 g/mol. The van der Waals surface area contributed by atoms with Gasteiger partial charge in [0.2, 0.25) is 0 Å². The van der Waals surface area contributed by atoms with Crippen LogP contribution in [0.4, 0.5) is 0 Å². The third-order valence-corrected chi connectivity index (χ3v) is 2.04. The summed E-state index contributed by atoms with van der Waals surface area (Å²) in [6, 6.07) is 6.62. The van der Waals surface area contributed by atoms with Gasteiger partial charge in [0.25, 0.3) is 0 Å². The number of halogens is 1. The van der Waals surface area contributed by atoms with E-state index < -0.39 is 6.10 Å². The number of aromatic hydroxyl groups is 1. The van der Waals surface area contributed by atoms with E-state index in [2.05, 4.69) is 12.2 Å². The van der Waals surface area contributed by atoms with Gasteiger partial charge in [0.1, 0.15) is 5.75 Å². The first-order valence-electron chi connectivity index (χ1n) is 4.91. The monoisotopic (exact) mass is 231 g/mol. The number of phenolic OH excluding ortho intramolecular Hbond substituents is 1. The van der Waals surface area contributed by atoms with Gasteiger partial charge in [0.15, 0.2) is 0 Å². The van der Waals surface area contributed by atoms with Gasteiger partial charge in [-0.05, 0) is 30.7 Å². The van der Waals surface area contributed by atoms with Crippen molar-refractivity contribution in [2.24, 2.45) is 0 Å². The Labute approximate surface area is 96.5 Å². The van der Waals surface area contributed by atoms with Crippen molar-refractivity contribution in [1.82, 2.24) is 5.32 Å². The molecule has 0 saturated heterocycles. The van der Waals surface area contributed by atoms with Gasteiger partial charge < -0.3 is 15.5 Å². The minimum absolute atomic E-state index is 0. The van der Waals surface area contributed by atoms with E-state index in [-0.39, 0.29) is 18.2 Å². The summed E-state index contributed by atoms with van der Waals surface area (Å²) in [5.74, 6) is 0.225. The van der Waals surface area contributed by atoms with Gasteiger partial charge >= 0.3 is 0 Å². The zero-order valence-electron chi connectivity index (χ0n) is 8.81. The molecule has 1 rings (SSSR count). The summed E-state index contributed by atoms with van der Waals surface area (Å²) < 4.78 is 0. The van der Waals surface area contributed by atoms with Gasteiger partial charge in [-0.2, -0.15) is 0 Å². The van der Waals surface area contributed by atoms with Crippen molar-refractivity contribution in [2.75, 3.05) is 13.1 Å². The zero-order chi connectivity index (χ0) is 10.4. The second-order valence-corrected chi connectivity index (χ2v) is 3.31. The van der Waals surface area contributed by atoms with Crippen LogP contribution in [0.5, 0.6) is 5.75 Å². The van der Waals surface area contributed by atoms with Crippen molar-refractivity contribution in [3.05, 3.63) is 29.8 Å². The highest BCUT2D eigenvalue weighted by molar-refractivity contribution is 5.85. The Morgan fingerprint density at radius 3 is 2.40 bits per heavy atom. The first kappa shape index (κ1) is 14.2. The molecule has 0 amide bonds. The Hall–Kier alpha value is -0.770. The molecule has 3 N–H and O–H groups in total. The standard InChI is InChI=1S/C11H17NO2.ClH/c1-2-7-12-8-11(14)9-3-5-10(13)6-4-9;/h3-6,11-14H,2,7-8H2,1H3;1H. The minimum Gasteiger partial charge on any atom is -0.508 e. The van der Waals surface area contributed by atoms with Crippen molar-refractivity contribution >= 4 is 12.4 Å². The lowest BCUT2D eigenvalue weighted by Gasteiger charge is -2.11. The van der Waals surface area contributed by atoms with Gasteiger partial charge in [0.05, 0.1) is 6.10 Å². The van der Waals surface area contributed by atoms with Gasteiger partial charge in [-0.3, -0.25) is 0 Å². The van der Waals surface area contributed by atoms with E-state index in [1.165, 1.54) is 0 Å². The molecule has 1 aromatic rings. The molecular formula is C11H18ClNO2. The molecule has 0 heterocycles. The van der Waals surface area contributed by atoms with Gasteiger partial charge in [0, 0.05) is 6.54 Å². The lowest BCUT2D eigenvalue weighted by Crippen LogP contribution is -2.21. The summed E-state index contributed by atoms with van der Waals surface area (Å²) in [4.78, 5) is 0. The fourth-order valence-corrected chi connectivity index (χ4v) is 1.23. The molecule has 0 bridgehead atoms. The molecule has 1 aromatic carbocycles. The molecule has 0 aromatic heterocycles. The molecule has 15 heavy (non-hydrogen) atoms. The van der Waals surface area contributed by atoms with E-state index in [0.717, 1.165) is 18.5 Å². The second-order valence-electron chi connectivity index (χ2n) is 3.31. The maximum absolute atomic E-state index is 9.69. The van der Waals surface area contributed by atoms with Crippen LogP contribution in [0.1, 0.15) is 25.0 Å². The number of aliphatic hydroxyl groups excluding tert-OH is 1. The minimum atomic E-state index is -0.498. The van der Waals surface area contributed by atoms with Gasteiger partial charge in [-0.25, -0.2) is 0 Å². The second kappa shape index (κ2) is 7.51. The van der Waals surface area contributed by atoms with E-state index in [0.29, 0.717) is 6.54 Å². The molecule has 0 fully saturated rings. The molecule has 1 unspecified atom stereocenters. The van der Waals surface area contributed by atoms with E-state index in [1.54, 1.807) is 24.3 Å². The number of hydrogen-bond donors (Lipinski definition) is 3. The topological polar surface area (TPSA) is 52.5 Å². The van der Waals surface area contributed by atoms with Gasteiger partial charge in [-0.1, -0.05) is 19.1 Å². The van der Waals surface area contributed by atoms with E-state index in [1.807, 2.05) is 0 Å². The average Bonchev–Trinajstić information content (AvgIpc) is 2.19. The lowest BCUT2D eigenvalue weighted by molar-refractivity contribution is 0.175. The van der Waals surface area contributed by atoms with Crippen molar-refractivity contribution in [1.29, 1.82) is 0 Å². The highest BCUT2D eigenvalue weighted by Gasteiger charge is 2.05. The Bertz CT molecular complexity index is 264. The smallest absolute Gasteiger partial charge is 0.115 e. The summed E-state index contributed by atoms with van der Waals surface area (Å²) in [6.07, 6.45) is 0.560. The molecule has 4 heteroatoms. The van der Waals surface area contributed by atoms with Crippen LogP contribution in [-0.2, 0) is 0 Å². The molecule has 0 aliphatic rings. The number of benzene rings is 1. The quantitative estimate of drug-likeness (QED) is 0.678. The molecule has 1 atom stereocenters. The summed E-state index contributed by atoms with van der Waals surface area (Å²) in [5.41, 5.74) is 0.825. The van der Waals surface area contributed by atoms with Crippen LogP contribution >= 0.6 is 12.4 Å². The first-order chi connectivity index (χ1) is 6.74. The summed E-state index contributed by atoms with van der Waals surface area (Å²) in [5, 5.41) is 21.9. The van der Waals surface area contributed by atoms with Crippen LogP contribution in [0.2, 0.25) is 0 Å². The SMILES string of the molecule is CCCNCC(O)c1ccc(O)cc1.Cl. The van der Waals surface area contributed by atoms with Crippen LogP contribution < -0.4 is 5.32 Å². The van der Waals surface area contributed by atoms with Crippen molar-refractivity contribution in [3.8, 4) is 5.75 Å². The van der Waals surface area contributed by atoms with Crippen LogP contribution in [0.15, 0.2) is 24.3 Å². The molecule has 0 radical (unpaired) electrons. The normalized spacial score (nSPS) is 11.9. The number of phenols is 1. The number of rotatable bonds is 5. The highest BCUT2D eigenvalue weighted by atomic mass is 35.5. The number of nitrogens with one attached hydrogen (secondary N) is 1. The van der Waals surface area contributed by atoms with Crippen LogP contribution in [-0.4, -0.2) is 23.3 Å². The van der Waals surface area contributed by atoms with Crippen molar-refractivity contribution in [3.63, 3.8) is 0 Å². The third kappa shape index (κ3) is 5.02. The van der Waals surface area contributed by atoms with Gasteiger partial charge in [-0.15, -0.1) is 12.4 Å². The maximum Gasteiger partial charge on any atom is 0.115 e. The number of hydrogen-bond acceptors (Lipinski definition) is 3. The molecule has 0 aliphatic carbocycles. The number of aliphatic hydroxyl groups is 1. The highest BCUT2D eigenvalue weighted by Crippen LogP contribution is 2.15. The van der Waals surface area contributed by atoms with E-state index in [4.69, 9.17) is 5.11 Å². The van der Waals surface area contributed by atoms with Crippen molar-refractivity contribution < 1.29 is 10.2 Å². The van der Waals surface area contributed by atoms with E-state index in [9.17, 15) is 5.11 Å². The van der Waals surface area contributed by atoms with Crippen LogP contribution in [0.3, 0.4) is 0 Å². The van der Waals surface area contributed by atoms with Crippen molar-refractivity contribution in [2.45, 2.75) is 19.4 Å². The summed E-state index contributed by atoms with van der Waals surface area (Å²) >= 11 is 0. The fourth-order valence-electron chi connectivity index (χ4n) is 1.23. The Kier molecular flexibility index (Phi) is 7.13. The fraction of sp³-hybridized carbons (Fsp3) is 0.455. The largest absolute Gasteiger partial charge is 0.508 e. The summed E-state index contributed by atoms with van der Waals surface area (Å²) in [6.45, 7) is 3.55. The Morgan fingerprint density at radius 1 is 1.27 bits per heavy atom. The van der Waals surface area contributed by atoms with Crippen LogP contribution in [0, 0.1) is 0 Å². The molecule has 0 saturated carbocycles. The first-order valence-corrected chi connectivity index (χ1v) is 4.91. The summed E-state index contributed by atoms with van der Waals surface area (Å²) in [7, 11) is 0. The molecule has 86 valence electrons. The third-order valence-electron chi connectivity index (χ3n) is 2.04. The Morgan fingerprint density at radius 2 is 1.87 bits per heavy atom. The lowest BCUT2D eigenvalue weighted by atomic mass is 10.1. The molecule has 3 nitrogen and oxygen atoms in total. The predicted molar refractivity (Wildman–Crippen MR) is 63.5 cm³/mol. The molecular weight excluding hydrogens is 214 g/mol. The van der Waals surface area contributed by atoms with Crippen LogP contribution in [0.25, 0.3) is 0 Å². The molecule has 0 aliphatic heterocycles. The zero-order valence-corrected chi connectivity index (χ0v) is 9.63. The predicted octanol–water partition coefficient (Wildman–Crippen LogP) is 1.85. The maximum atomic E-state index is 9.69. The molecule has 0 spiro atoms. The Balaban J connectivity index is 0.00000196.